The summed E-state index contributed by atoms with van der Waals surface area (Å²) in [6.07, 6.45) is -3.04. The molecular formula is C21H13F3N2O. The molecule has 4 rings (SSSR count). The molecule has 3 aromatic carbocycles. The first kappa shape index (κ1) is 17.0. The van der Waals surface area contributed by atoms with Crippen LogP contribution in [0, 0.1) is 0 Å². The smallest absolute Gasteiger partial charge is 0.416 e. The number of aromatic nitrogens is 2. The molecule has 6 heteroatoms. The Bertz CT molecular complexity index is 1090. The second kappa shape index (κ2) is 6.72. The summed E-state index contributed by atoms with van der Waals surface area (Å²) in [6, 6.07) is 20.0. The van der Waals surface area contributed by atoms with Gasteiger partial charge >= 0.3 is 6.18 Å². The predicted molar refractivity (Wildman–Crippen MR) is 96.5 cm³/mol. The Kier molecular flexibility index (Phi) is 4.24. The van der Waals surface area contributed by atoms with Gasteiger partial charge in [-0.25, -0.2) is 9.97 Å². The Labute approximate surface area is 153 Å². The summed E-state index contributed by atoms with van der Waals surface area (Å²) in [6.45, 7) is 0. The molecule has 0 aliphatic rings. The monoisotopic (exact) mass is 366 g/mol. The van der Waals surface area contributed by atoms with Crippen molar-refractivity contribution in [1.82, 2.24) is 9.97 Å². The molecule has 4 aromatic rings. The van der Waals surface area contributed by atoms with Crippen LogP contribution in [0.3, 0.4) is 0 Å². The van der Waals surface area contributed by atoms with Crippen LogP contribution in [0.15, 0.2) is 79.1 Å². The molecule has 0 N–H and O–H groups in total. The molecule has 0 saturated heterocycles. The van der Waals surface area contributed by atoms with Crippen LogP contribution >= 0.6 is 0 Å². The van der Waals surface area contributed by atoms with E-state index in [1.807, 2.05) is 42.5 Å². The molecule has 0 amide bonds. The number of halogens is 3. The van der Waals surface area contributed by atoms with E-state index in [4.69, 9.17) is 4.74 Å². The molecule has 27 heavy (non-hydrogen) atoms. The molecule has 0 bridgehead atoms. The van der Waals surface area contributed by atoms with Crippen LogP contribution in [-0.2, 0) is 6.18 Å². The number of alkyl halides is 3. The molecule has 0 atom stereocenters. The van der Waals surface area contributed by atoms with Gasteiger partial charge in [0.15, 0.2) is 0 Å². The number of ether oxygens (including phenoxy) is 1. The highest BCUT2D eigenvalue weighted by Crippen LogP contribution is 2.31. The molecule has 1 heterocycles. The molecular weight excluding hydrogens is 353 g/mol. The van der Waals surface area contributed by atoms with Gasteiger partial charge in [-0.3, -0.25) is 0 Å². The van der Waals surface area contributed by atoms with Crippen LogP contribution < -0.4 is 4.74 Å². The van der Waals surface area contributed by atoms with Crippen molar-refractivity contribution < 1.29 is 17.9 Å². The van der Waals surface area contributed by atoms with Crippen molar-refractivity contribution in [3.63, 3.8) is 0 Å². The number of hydrogen-bond acceptors (Lipinski definition) is 3. The first-order chi connectivity index (χ1) is 13.0. The zero-order valence-electron chi connectivity index (χ0n) is 13.9. The van der Waals surface area contributed by atoms with Crippen LogP contribution in [0.5, 0.6) is 11.6 Å². The number of benzene rings is 3. The van der Waals surface area contributed by atoms with Gasteiger partial charge in [0.1, 0.15) is 12.1 Å². The van der Waals surface area contributed by atoms with Gasteiger partial charge in [-0.05, 0) is 35.0 Å². The maximum Gasteiger partial charge on any atom is 0.416 e. The Balaban J connectivity index is 1.60. The van der Waals surface area contributed by atoms with Crippen molar-refractivity contribution in [1.29, 1.82) is 0 Å². The lowest BCUT2D eigenvalue weighted by Gasteiger charge is -2.09. The third kappa shape index (κ3) is 3.74. The number of fused-ring (bicyclic) bond motifs is 1. The van der Waals surface area contributed by atoms with E-state index in [0.717, 1.165) is 22.9 Å². The van der Waals surface area contributed by atoms with E-state index >= 15 is 0 Å². The highest BCUT2D eigenvalue weighted by atomic mass is 19.4. The number of nitrogens with zero attached hydrogens (tertiary/aromatic N) is 2. The van der Waals surface area contributed by atoms with E-state index in [1.165, 1.54) is 18.5 Å². The summed E-state index contributed by atoms with van der Waals surface area (Å²) >= 11 is 0. The molecule has 0 fully saturated rings. The van der Waals surface area contributed by atoms with Gasteiger partial charge in [0, 0.05) is 11.6 Å². The molecule has 134 valence electrons. The summed E-state index contributed by atoms with van der Waals surface area (Å²) < 4.78 is 43.9. The summed E-state index contributed by atoms with van der Waals surface area (Å²) in [5.74, 6) is 0.931. The summed E-state index contributed by atoms with van der Waals surface area (Å²) in [4.78, 5) is 8.20. The minimum atomic E-state index is -4.37. The van der Waals surface area contributed by atoms with E-state index < -0.39 is 11.7 Å². The minimum absolute atomic E-state index is 0.315. The lowest BCUT2D eigenvalue weighted by Crippen LogP contribution is -2.04. The van der Waals surface area contributed by atoms with Gasteiger partial charge in [-0.1, -0.05) is 42.5 Å². The maximum absolute atomic E-state index is 12.7. The van der Waals surface area contributed by atoms with Crippen molar-refractivity contribution in [2.24, 2.45) is 0 Å². The fourth-order valence-electron chi connectivity index (χ4n) is 2.73. The summed E-state index contributed by atoms with van der Waals surface area (Å²) in [5.41, 5.74) is 0.330. The summed E-state index contributed by atoms with van der Waals surface area (Å²) in [5, 5.41) is 2.13. The van der Waals surface area contributed by atoms with Crippen LogP contribution in [0.2, 0.25) is 0 Å². The second-order valence-electron chi connectivity index (χ2n) is 5.93. The Morgan fingerprint density at radius 2 is 1.48 bits per heavy atom. The largest absolute Gasteiger partial charge is 0.439 e. The van der Waals surface area contributed by atoms with E-state index in [2.05, 4.69) is 9.97 Å². The van der Waals surface area contributed by atoms with Crippen molar-refractivity contribution in [2.75, 3.05) is 0 Å². The van der Waals surface area contributed by atoms with Gasteiger partial charge in [0.2, 0.25) is 5.88 Å². The van der Waals surface area contributed by atoms with E-state index in [1.54, 1.807) is 6.07 Å². The Morgan fingerprint density at radius 1 is 0.741 bits per heavy atom. The van der Waals surface area contributed by atoms with Gasteiger partial charge in [-0.2, -0.15) is 13.2 Å². The molecule has 0 spiro atoms. The number of rotatable bonds is 3. The molecule has 1 aromatic heterocycles. The maximum atomic E-state index is 12.7. The zero-order chi connectivity index (χ0) is 18.9. The molecule has 0 radical (unpaired) electrons. The van der Waals surface area contributed by atoms with Crippen molar-refractivity contribution in [3.05, 3.63) is 84.7 Å². The second-order valence-corrected chi connectivity index (χ2v) is 5.93. The highest BCUT2D eigenvalue weighted by Gasteiger charge is 2.30. The normalized spacial score (nSPS) is 11.5. The fraction of sp³-hybridized carbons (Fsp3) is 0.0476. The van der Waals surface area contributed by atoms with Crippen molar-refractivity contribution >= 4 is 10.8 Å². The van der Waals surface area contributed by atoms with E-state index in [9.17, 15) is 13.2 Å². The third-order valence-corrected chi connectivity index (χ3v) is 4.09. The quantitative estimate of drug-likeness (QED) is 0.439. The average molecular weight is 366 g/mol. The topological polar surface area (TPSA) is 35.0 Å². The lowest BCUT2D eigenvalue weighted by atomic mass is 10.1. The molecule has 0 saturated carbocycles. The van der Waals surface area contributed by atoms with Crippen LogP contribution in [0.25, 0.3) is 22.0 Å². The van der Waals surface area contributed by atoms with Crippen LogP contribution in [0.1, 0.15) is 5.56 Å². The molecule has 0 aliphatic heterocycles. The van der Waals surface area contributed by atoms with Crippen LogP contribution in [0.4, 0.5) is 13.2 Å². The van der Waals surface area contributed by atoms with Gasteiger partial charge < -0.3 is 4.74 Å². The highest BCUT2D eigenvalue weighted by molar-refractivity contribution is 5.83. The molecule has 0 unspecified atom stereocenters. The van der Waals surface area contributed by atoms with E-state index in [0.29, 0.717) is 22.9 Å². The van der Waals surface area contributed by atoms with Gasteiger partial charge in [0.05, 0.1) is 11.3 Å². The first-order valence-electron chi connectivity index (χ1n) is 8.15. The first-order valence-corrected chi connectivity index (χ1v) is 8.15. The van der Waals surface area contributed by atoms with Crippen molar-refractivity contribution in [2.45, 2.75) is 6.18 Å². The Hall–Kier alpha value is -3.41. The third-order valence-electron chi connectivity index (χ3n) is 4.09. The molecule has 3 nitrogen and oxygen atoms in total. The standard InChI is InChI=1S/C21H13F3N2O/c22-21(23,24)17-8-5-15(6-9-17)19-12-20(26-13-25-19)27-18-10-7-14-3-1-2-4-16(14)11-18/h1-13H. The predicted octanol–water partition coefficient (Wildman–Crippen LogP) is 6.11. The van der Waals surface area contributed by atoms with E-state index in [-0.39, 0.29) is 0 Å². The average Bonchev–Trinajstić information content (AvgIpc) is 2.68. The van der Waals surface area contributed by atoms with Gasteiger partial charge in [0.25, 0.3) is 0 Å². The Morgan fingerprint density at radius 3 is 2.22 bits per heavy atom. The number of hydrogen-bond donors (Lipinski definition) is 0. The molecule has 0 aliphatic carbocycles. The SMILES string of the molecule is FC(F)(F)c1ccc(-c2cc(Oc3ccc4ccccc4c3)ncn2)cc1. The van der Waals surface area contributed by atoms with Crippen molar-refractivity contribution in [3.8, 4) is 22.9 Å². The van der Waals surface area contributed by atoms with Crippen LogP contribution in [-0.4, -0.2) is 9.97 Å². The minimum Gasteiger partial charge on any atom is -0.439 e. The summed E-state index contributed by atoms with van der Waals surface area (Å²) in [7, 11) is 0. The zero-order valence-corrected chi connectivity index (χ0v) is 13.9. The fourth-order valence-corrected chi connectivity index (χ4v) is 2.73. The van der Waals surface area contributed by atoms with Gasteiger partial charge in [-0.15, -0.1) is 0 Å². The lowest BCUT2D eigenvalue weighted by molar-refractivity contribution is -0.137.